The molecule has 0 saturated carbocycles. The van der Waals surface area contributed by atoms with Gasteiger partial charge in [-0.25, -0.2) is 0 Å². The summed E-state index contributed by atoms with van der Waals surface area (Å²) in [5, 5.41) is 0. The maximum atomic E-state index is 7.33. The third-order valence-corrected chi connectivity index (χ3v) is 0. The minimum atomic E-state index is -4.61. The fraction of sp³-hybridized carbons (Fsp3) is 0. The van der Waals surface area contributed by atoms with Crippen molar-refractivity contribution >= 4 is 60.4 Å². The predicted octanol–water partition coefficient (Wildman–Crippen LogP) is -4.08. The molecule has 0 aliphatic heterocycles. The van der Waals surface area contributed by atoms with Crippen LogP contribution in [-0.4, -0.2) is 85.1 Å². The van der Waals surface area contributed by atoms with Crippen molar-refractivity contribution in [3.63, 3.8) is 0 Å². The Morgan fingerprint density at radius 2 is 0.875 bits per heavy atom. The third kappa shape index (κ3) is 89.1. The molecular formula is H7FeKO5Si. The molecule has 0 unspecified atom stereocenters. The zero-order chi connectivity index (χ0) is 4.50. The molecule has 0 spiro atoms. The van der Waals surface area contributed by atoms with Crippen molar-refractivity contribution in [2.45, 2.75) is 0 Å². The van der Waals surface area contributed by atoms with E-state index >= 15 is 0 Å². The number of rotatable bonds is 0. The van der Waals surface area contributed by atoms with Gasteiger partial charge in [0.05, 0.1) is 0 Å². The van der Waals surface area contributed by atoms with Crippen molar-refractivity contribution in [2.75, 3.05) is 0 Å². The zero-order valence-electron chi connectivity index (χ0n) is 3.14. The second-order valence-corrected chi connectivity index (χ2v) is 1.80. The van der Waals surface area contributed by atoms with Crippen LogP contribution in [0.15, 0.2) is 0 Å². The van der Waals surface area contributed by atoms with Gasteiger partial charge in [-0.05, 0) is 0 Å². The minimum absolute atomic E-state index is 0. The average Bonchev–Trinajstić information content (AvgIpc) is 0.722. The van der Waals surface area contributed by atoms with Crippen LogP contribution in [0.3, 0.4) is 0 Å². The van der Waals surface area contributed by atoms with Crippen LogP contribution >= 0.6 is 0 Å². The van der Waals surface area contributed by atoms with Crippen LogP contribution in [0.4, 0.5) is 0 Å². The monoisotopic (exact) mass is 210 g/mol. The first-order valence-electron chi connectivity index (χ1n) is 0.894. The first kappa shape index (κ1) is 22.5. The zero-order valence-corrected chi connectivity index (χ0v) is 5.25. The van der Waals surface area contributed by atoms with E-state index < -0.39 is 9.05 Å². The van der Waals surface area contributed by atoms with Crippen LogP contribution in [0.2, 0.25) is 0 Å². The van der Waals surface area contributed by atoms with Gasteiger partial charge in [-0.15, -0.1) is 0 Å². The van der Waals surface area contributed by atoms with Crippen LogP contribution in [0, 0.1) is 0 Å². The molecule has 6 N–H and O–H groups in total. The van der Waals surface area contributed by atoms with Gasteiger partial charge in [0, 0.05) is 17.1 Å². The molecule has 0 aliphatic rings. The Labute approximate surface area is 100 Å². The molecule has 0 rings (SSSR count). The van der Waals surface area contributed by atoms with Crippen LogP contribution < -0.4 is 0 Å². The summed E-state index contributed by atoms with van der Waals surface area (Å²) in [4.78, 5) is 29.3. The predicted molar refractivity (Wildman–Crippen MR) is 25.4 cm³/mol. The molecule has 0 aromatic rings. The molecule has 0 heterocycles. The molecule has 0 fully saturated rings. The van der Waals surface area contributed by atoms with Gasteiger partial charge in [-0.3, -0.25) is 0 Å². The maximum absolute atomic E-state index is 7.33. The van der Waals surface area contributed by atoms with Crippen LogP contribution in [0.25, 0.3) is 0 Å². The van der Waals surface area contributed by atoms with Gasteiger partial charge in [0.15, 0.2) is 0 Å². The average molecular weight is 210 g/mol. The normalized spacial score (nSPS) is 7.50. The second kappa shape index (κ2) is 9.17. The van der Waals surface area contributed by atoms with E-state index in [4.69, 9.17) is 19.2 Å². The van der Waals surface area contributed by atoms with Gasteiger partial charge < -0.3 is 24.7 Å². The Bertz CT molecular complexity index is 27.9. The Kier molecular flexibility index (Phi) is 25.8. The number of hydrogen-bond acceptors (Lipinski definition) is 4. The summed E-state index contributed by atoms with van der Waals surface area (Å²) < 4.78 is 0. The molecule has 5 nitrogen and oxygen atoms in total. The molecule has 0 bridgehead atoms. The van der Waals surface area contributed by atoms with Gasteiger partial charge in [-0.1, -0.05) is 0 Å². The summed E-state index contributed by atoms with van der Waals surface area (Å²) in [7, 11) is -4.61. The van der Waals surface area contributed by atoms with E-state index in [9.17, 15) is 0 Å². The van der Waals surface area contributed by atoms with Crippen molar-refractivity contribution in [3.05, 3.63) is 0 Å². The van der Waals surface area contributed by atoms with Gasteiger partial charge in [0.25, 0.3) is 0 Å². The molecule has 8 heavy (non-hydrogen) atoms. The van der Waals surface area contributed by atoms with Gasteiger partial charge >= 0.3 is 60.4 Å². The summed E-state index contributed by atoms with van der Waals surface area (Å²) in [6.45, 7) is 0. The molecule has 0 saturated heterocycles. The Morgan fingerprint density at radius 3 is 0.875 bits per heavy atom. The fourth-order valence-corrected chi connectivity index (χ4v) is 0. The molecule has 8 heteroatoms. The Hall–Kier alpha value is 2.17. The van der Waals surface area contributed by atoms with Crippen molar-refractivity contribution in [1.29, 1.82) is 0 Å². The standard InChI is InChI=1S/Fe.K.H4O4Si.H2O.H/c;;1-5(2,3)4;;/h;;1-4H;1H2;. The van der Waals surface area contributed by atoms with E-state index in [0.717, 1.165) is 0 Å². The van der Waals surface area contributed by atoms with Crippen molar-refractivity contribution in [3.8, 4) is 0 Å². The quantitative estimate of drug-likeness (QED) is 0.304. The summed E-state index contributed by atoms with van der Waals surface area (Å²) in [5.41, 5.74) is 0. The molecule has 50 valence electrons. The summed E-state index contributed by atoms with van der Waals surface area (Å²) in [5.74, 6) is 0. The molecule has 0 atom stereocenters. The molecule has 0 amide bonds. The van der Waals surface area contributed by atoms with Crippen molar-refractivity contribution in [1.82, 2.24) is 0 Å². The second-order valence-electron chi connectivity index (χ2n) is 0.600. The first-order valence-corrected chi connectivity index (χ1v) is 2.68. The molecular weight excluding hydrogens is 203 g/mol. The Morgan fingerprint density at radius 1 is 0.875 bits per heavy atom. The first-order chi connectivity index (χ1) is 2.00. The fourth-order valence-electron chi connectivity index (χ4n) is 0. The van der Waals surface area contributed by atoms with Gasteiger partial charge in [0.1, 0.15) is 0 Å². The SMILES string of the molecule is O.O[Si](O)(O)O.[Fe].[KH]. The van der Waals surface area contributed by atoms with Gasteiger partial charge in [-0.2, -0.15) is 0 Å². The van der Waals surface area contributed by atoms with E-state index in [0.29, 0.717) is 0 Å². The third-order valence-electron chi connectivity index (χ3n) is 0. The topological polar surface area (TPSA) is 112 Å². The van der Waals surface area contributed by atoms with Crippen LogP contribution in [0.1, 0.15) is 0 Å². The van der Waals surface area contributed by atoms with E-state index in [1.165, 1.54) is 0 Å². The molecule has 0 aromatic heterocycles. The molecule has 0 aromatic carbocycles. The van der Waals surface area contributed by atoms with E-state index in [1.807, 2.05) is 0 Å². The van der Waals surface area contributed by atoms with E-state index in [2.05, 4.69) is 0 Å². The van der Waals surface area contributed by atoms with Gasteiger partial charge in [0.2, 0.25) is 0 Å². The summed E-state index contributed by atoms with van der Waals surface area (Å²) >= 11 is 0. The molecule has 0 aliphatic carbocycles. The summed E-state index contributed by atoms with van der Waals surface area (Å²) in [6, 6.07) is 0. The van der Waals surface area contributed by atoms with E-state index in [1.54, 1.807) is 0 Å². The Balaban J connectivity index is -0.0000000267. The number of hydrogen-bond donors (Lipinski definition) is 4. The van der Waals surface area contributed by atoms with Crippen molar-refractivity contribution < 1.29 is 41.7 Å². The van der Waals surface area contributed by atoms with Crippen molar-refractivity contribution in [2.24, 2.45) is 0 Å². The van der Waals surface area contributed by atoms with Crippen LogP contribution in [0.5, 0.6) is 0 Å². The van der Waals surface area contributed by atoms with Crippen LogP contribution in [-0.2, 0) is 17.1 Å². The summed E-state index contributed by atoms with van der Waals surface area (Å²) in [6.07, 6.45) is 0. The van der Waals surface area contributed by atoms with E-state index in [-0.39, 0.29) is 73.9 Å². The molecule has 0 radical (unpaired) electrons.